The minimum atomic E-state index is 0.265. The van der Waals surface area contributed by atoms with E-state index in [-0.39, 0.29) is 6.10 Å². The van der Waals surface area contributed by atoms with Crippen LogP contribution in [0.25, 0.3) is 0 Å². The van der Waals surface area contributed by atoms with Crippen LogP contribution < -0.4 is 10.1 Å². The molecule has 1 heterocycles. The summed E-state index contributed by atoms with van der Waals surface area (Å²) in [5.41, 5.74) is 2.51. The zero-order valence-electron chi connectivity index (χ0n) is 11.6. The fraction of sp³-hybridized carbons (Fsp3) is 0.375. The van der Waals surface area contributed by atoms with E-state index in [1.807, 2.05) is 12.1 Å². The molecule has 1 atom stereocenters. The van der Waals surface area contributed by atoms with E-state index in [0.717, 1.165) is 30.8 Å². The number of thiophene rings is 1. The Morgan fingerprint density at radius 1 is 1.32 bits per heavy atom. The van der Waals surface area contributed by atoms with Gasteiger partial charge in [-0.25, -0.2) is 0 Å². The van der Waals surface area contributed by atoms with Crippen LogP contribution in [0.2, 0.25) is 0 Å². The van der Waals surface area contributed by atoms with Crippen LogP contribution in [0.1, 0.15) is 25.8 Å². The summed E-state index contributed by atoms with van der Waals surface area (Å²) in [4.78, 5) is 0. The summed E-state index contributed by atoms with van der Waals surface area (Å²) in [6.07, 6.45) is 2.34. The molecule has 0 bridgehead atoms. The van der Waals surface area contributed by atoms with Crippen molar-refractivity contribution in [1.82, 2.24) is 0 Å². The Kier molecular flexibility index (Phi) is 5.28. The van der Waals surface area contributed by atoms with E-state index < -0.39 is 0 Å². The fourth-order valence-corrected chi connectivity index (χ4v) is 2.48. The van der Waals surface area contributed by atoms with E-state index in [2.05, 4.69) is 48.1 Å². The molecular weight excluding hydrogens is 254 g/mol. The summed E-state index contributed by atoms with van der Waals surface area (Å²) in [7, 11) is 0. The number of hydrogen-bond acceptors (Lipinski definition) is 3. The van der Waals surface area contributed by atoms with Gasteiger partial charge in [-0.2, -0.15) is 11.3 Å². The average molecular weight is 275 g/mol. The van der Waals surface area contributed by atoms with E-state index in [1.165, 1.54) is 5.56 Å². The van der Waals surface area contributed by atoms with Crippen LogP contribution in [0.5, 0.6) is 5.75 Å². The highest BCUT2D eigenvalue weighted by molar-refractivity contribution is 7.07. The lowest BCUT2D eigenvalue weighted by atomic mass is 10.2. The zero-order chi connectivity index (χ0) is 13.5. The molecule has 0 amide bonds. The second kappa shape index (κ2) is 7.19. The van der Waals surface area contributed by atoms with Crippen molar-refractivity contribution in [3.63, 3.8) is 0 Å². The van der Waals surface area contributed by atoms with Gasteiger partial charge in [-0.3, -0.25) is 0 Å². The third kappa shape index (κ3) is 4.60. The predicted molar refractivity (Wildman–Crippen MR) is 83.3 cm³/mol. The number of ether oxygens (including phenoxy) is 1. The highest BCUT2D eigenvalue weighted by Crippen LogP contribution is 2.19. The molecule has 19 heavy (non-hydrogen) atoms. The average Bonchev–Trinajstić information content (AvgIpc) is 2.92. The number of rotatable bonds is 7. The van der Waals surface area contributed by atoms with E-state index in [1.54, 1.807) is 11.3 Å². The number of hydrogen-bond donors (Lipinski definition) is 1. The molecule has 0 aliphatic heterocycles. The third-order valence-electron chi connectivity index (χ3n) is 3.07. The molecular formula is C16H21NOS. The first kappa shape index (κ1) is 13.9. The highest BCUT2D eigenvalue weighted by Gasteiger charge is 2.02. The van der Waals surface area contributed by atoms with Crippen molar-refractivity contribution in [3.8, 4) is 5.75 Å². The molecule has 2 rings (SSSR count). The molecule has 1 unspecified atom stereocenters. The van der Waals surface area contributed by atoms with Crippen molar-refractivity contribution in [2.75, 3.05) is 11.9 Å². The number of benzene rings is 1. The van der Waals surface area contributed by atoms with Gasteiger partial charge in [-0.05, 0) is 54.3 Å². The van der Waals surface area contributed by atoms with Crippen molar-refractivity contribution in [2.45, 2.75) is 32.8 Å². The molecule has 0 aliphatic rings. The maximum atomic E-state index is 5.82. The lowest BCUT2D eigenvalue weighted by Crippen LogP contribution is -2.10. The van der Waals surface area contributed by atoms with Gasteiger partial charge in [-0.1, -0.05) is 13.0 Å². The molecule has 1 N–H and O–H groups in total. The Bertz CT molecular complexity index is 481. The SMILES string of the molecule is CCC(C)Oc1cccc(NCCc2ccsc2)c1. The van der Waals surface area contributed by atoms with Gasteiger partial charge in [0.2, 0.25) is 0 Å². The van der Waals surface area contributed by atoms with Crippen LogP contribution in [0.15, 0.2) is 41.1 Å². The predicted octanol–water partition coefficient (Wildman–Crippen LogP) is 4.58. The van der Waals surface area contributed by atoms with Crippen molar-refractivity contribution in [1.29, 1.82) is 0 Å². The van der Waals surface area contributed by atoms with Crippen LogP contribution in [-0.4, -0.2) is 12.6 Å². The minimum Gasteiger partial charge on any atom is -0.491 e. The summed E-state index contributed by atoms with van der Waals surface area (Å²) in [5.74, 6) is 0.940. The van der Waals surface area contributed by atoms with Crippen LogP contribution in [0, 0.1) is 0 Å². The molecule has 3 heteroatoms. The van der Waals surface area contributed by atoms with E-state index in [4.69, 9.17) is 4.74 Å². The van der Waals surface area contributed by atoms with Gasteiger partial charge in [0, 0.05) is 18.3 Å². The van der Waals surface area contributed by atoms with Crippen LogP contribution in [-0.2, 0) is 6.42 Å². The quantitative estimate of drug-likeness (QED) is 0.798. The lowest BCUT2D eigenvalue weighted by molar-refractivity contribution is 0.217. The summed E-state index contributed by atoms with van der Waals surface area (Å²) < 4.78 is 5.82. The smallest absolute Gasteiger partial charge is 0.121 e. The molecule has 2 nitrogen and oxygen atoms in total. The Morgan fingerprint density at radius 3 is 2.95 bits per heavy atom. The Hall–Kier alpha value is -1.48. The van der Waals surface area contributed by atoms with Gasteiger partial charge < -0.3 is 10.1 Å². The van der Waals surface area contributed by atoms with Gasteiger partial charge in [0.05, 0.1) is 6.10 Å². The van der Waals surface area contributed by atoms with Crippen LogP contribution >= 0.6 is 11.3 Å². The fourth-order valence-electron chi connectivity index (χ4n) is 1.78. The summed E-state index contributed by atoms with van der Waals surface area (Å²) in [6, 6.07) is 10.4. The molecule has 102 valence electrons. The van der Waals surface area contributed by atoms with E-state index in [9.17, 15) is 0 Å². The van der Waals surface area contributed by atoms with E-state index in [0.29, 0.717) is 0 Å². The largest absolute Gasteiger partial charge is 0.491 e. The Balaban J connectivity index is 1.84. The second-order valence-electron chi connectivity index (χ2n) is 4.67. The minimum absolute atomic E-state index is 0.265. The van der Waals surface area contributed by atoms with Gasteiger partial charge in [0.25, 0.3) is 0 Å². The normalized spacial score (nSPS) is 12.1. The lowest BCUT2D eigenvalue weighted by Gasteiger charge is -2.14. The molecule has 1 aromatic carbocycles. The zero-order valence-corrected chi connectivity index (χ0v) is 12.4. The van der Waals surface area contributed by atoms with Crippen molar-refractivity contribution < 1.29 is 4.74 Å². The molecule has 0 saturated carbocycles. The van der Waals surface area contributed by atoms with Crippen LogP contribution in [0.4, 0.5) is 5.69 Å². The van der Waals surface area contributed by atoms with Crippen LogP contribution in [0.3, 0.4) is 0 Å². The first-order valence-corrected chi connectivity index (χ1v) is 7.74. The van der Waals surface area contributed by atoms with Crippen molar-refractivity contribution >= 4 is 17.0 Å². The summed E-state index contributed by atoms with van der Waals surface area (Å²) in [6.45, 7) is 5.17. The van der Waals surface area contributed by atoms with Gasteiger partial charge in [-0.15, -0.1) is 0 Å². The third-order valence-corrected chi connectivity index (χ3v) is 3.80. The highest BCUT2D eigenvalue weighted by atomic mass is 32.1. The molecule has 0 radical (unpaired) electrons. The molecule has 0 spiro atoms. The molecule has 0 fully saturated rings. The molecule has 0 aliphatic carbocycles. The molecule has 1 aromatic heterocycles. The van der Waals surface area contributed by atoms with Gasteiger partial charge in [0.15, 0.2) is 0 Å². The maximum absolute atomic E-state index is 5.82. The molecule has 0 saturated heterocycles. The van der Waals surface area contributed by atoms with Crippen molar-refractivity contribution in [3.05, 3.63) is 46.7 Å². The van der Waals surface area contributed by atoms with Crippen molar-refractivity contribution in [2.24, 2.45) is 0 Å². The topological polar surface area (TPSA) is 21.3 Å². The molecule has 2 aromatic rings. The first-order chi connectivity index (χ1) is 9.28. The number of nitrogens with one attached hydrogen (secondary N) is 1. The number of anilines is 1. The first-order valence-electron chi connectivity index (χ1n) is 6.79. The standard InChI is InChI=1S/C16H21NOS/c1-3-13(2)18-16-6-4-5-15(11-16)17-9-7-14-8-10-19-12-14/h4-6,8,10-13,17H,3,7,9H2,1-2H3. The summed E-state index contributed by atoms with van der Waals surface area (Å²) >= 11 is 1.75. The van der Waals surface area contributed by atoms with Gasteiger partial charge in [0.1, 0.15) is 5.75 Å². The second-order valence-corrected chi connectivity index (χ2v) is 5.45. The Morgan fingerprint density at radius 2 is 2.21 bits per heavy atom. The summed E-state index contributed by atoms with van der Waals surface area (Å²) in [5, 5.41) is 7.76. The van der Waals surface area contributed by atoms with Gasteiger partial charge >= 0.3 is 0 Å². The Labute approximate surface area is 119 Å². The maximum Gasteiger partial charge on any atom is 0.121 e. The van der Waals surface area contributed by atoms with E-state index >= 15 is 0 Å². The monoisotopic (exact) mass is 275 g/mol.